The summed E-state index contributed by atoms with van der Waals surface area (Å²) in [5.74, 6) is -0.782. The summed E-state index contributed by atoms with van der Waals surface area (Å²) in [7, 11) is 0. The number of hydrogen-bond donors (Lipinski definition) is 6. The Morgan fingerprint density at radius 3 is 0.923 bits per heavy atom. The van der Waals surface area contributed by atoms with Crippen LogP contribution in [0.15, 0.2) is 0 Å². The molecule has 0 amide bonds. The van der Waals surface area contributed by atoms with E-state index in [4.69, 9.17) is 28.4 Å². The first-order valence-corrected chi connectivity index (χ1v) is 13.0. The van der Waals surface area contributed by atoms with Gasteiger partial charge in [0, 0.05) is 17.8 Å². The molecule has 9 heterocycles. The van der Waals surface area contributed by atoms with Crippen LogP contribution >= 0.6 is 0 Å². The number of ether oxygens (including phenoxy) is 6. The molecule has 9 rings (SSSR count). The lowest BCUT2D eigenvalue weighted by molar-refractivity contribution is -0.201. The van der Waals surface area contributed by atoms with E-state index in [0.717, 1.165) is 0 Å². The van der Waals surface area contributed by atoms with Gasteiger partial charge in [-0.15, -0.1) is 0 Å². The Hall–Kier alpha value is -0.600. The van der Waals surface area contributed by atoms with Crippen LogP contribution < -0.4 is 0 Å². The maximum Gasteiger partial charge on any atom is 0.107 e. The van der Waals surface area contributed by atoms with Crippen molar-refractivity contribution in [3.05, 3.63) is 0 Å². The zero-order valence-electron chi connectivity index (χ0n) is 22.0. The molecule has 9 saturated heterocycles. The molecule has 0 aromatic carbocycles. The molecule has 0 radical (unpaired) electrons. The quantitative estimate of drug-likeness (QED) is 0.184. The first kappa shape index (κ1) is 36.4. The molecule has 6 bridgehead atoms. The smallest absolute Gasteiger partial charge is 0.107 e. The predicted octanol–water partition coefficient (Wildman–Crippen LogP) is -5.04. The molecule has 12 unspecified atom stereocenters. The lowest BCUT2D eigenvalue weighted by Crippen LogP contribution is -2.51. The minimum Gasteiger partial charge on any atom is -0.412 e. The van der Waals surface area contributed by atoms with E-state index in [1.807, 2.05) is 0 Å². The van der Waals surface area contributed by atoms with Gasteiger partial charge in [-0.1, -0.05) is 0 Å². The number of hydrogen-bond acceptors (Lipinski definition) is 12. The van der Waals surface area contributed by atoms with Crippen molar-refractivity contribution >= 4 is 0 Å². The highest BCUT2D eigenvalue weighted by Gasteiger charge is 2.41. The minimum atomic E-state index is -0.824. The summed E-state index contributed by atoms with van der Waals surface area (Å²) >= 11 is 0. The van der Waals surface area contributed by atoms with Gasteiger partial charge in [0.1, 0.15) is 18.3 Å². The molecule has 12 atom stereocenters. The zero-order valence-corrected chi connectivity index (χ0v) is 22.0. The van der Waals surface area contributed by atoms with Crippen LogP contribution in [-0.4, -0.2) is 161 Å². The average Bonchev–Trinajstić information content (AvgIpc) is 2.87. The topological polar surface area (TPSA) is 271 Å². The first-order chi connectivity index (χ1) is 17.4. The van der Waals surface area contributed by atoms with Crippen LogP contribution in [0.4, 0.5) is 0 Å². The highest BCUT2D eigenvalue weighted by atomic mass is 16.6. The summed E-state index contributed by atoms with van der Waals surface area (Å²) in [5.41, 5.74) is 0. The molecule has 15 nitrogen and oxygen atoms in total. The van der Waals surface area contributed by atoms with Gasteiger partial charge >= 0.3 is 0 Å². The van der Waals surface area contributed by atoms with E-state index >= 15 is 0 Å². The third-order valence-electron chi connectivity index (χ3n) is 7.93. The standard InChI is InChI=1S/C24H42O12.3H2O/c25-4-19-13-1-16(28)22(34-19)10-32-8-14-2-18(30)24(36-20(14)5-26)12-33-9-15-3-17(29)23(11-31-7-13)35-21(15)6-27;;;/h13-30H,1-12H2;3*1H2. The van der Waals surface area contributed by atoms with Gasteiger partial charge in [0.2, 0.25) is 0 Å². The van der Waals surface area contributed by atoms with Crippen molar-refractivity contribution in [2.45, 2.75) is 74.2 Å². The Labute approximate surface area is 227 Å². The van der Waals surface area contributed by atoms with Crippen LogP contribution in [0.1, 0.15) is 19.3 Å². The second-order valence-electron chi connectivity index (χ2n) is 10.5. The zero-order chi connectivity index (χ0) is 25.7. The fraction of sp³-hybridized carbons (Fsp3) is 1.00. The van der Waals surface area contributed by atoms with E-state index in [1.165, 1.54) is 0 Å². The lowest BCUT2D eigenvalue weighted by Gasteiger charge is -2.40. The van der Waals surface area contributed by atoms with E-state index in [-0.39, 0.29) is 93.6 Å². The molecule has 0 spiro atoms. The van der Waals surface area contributed by atoms with Crippen molar-refractivity contribution in [2.24, 2.45) is 17.8 Å². The Balaban J connectivity index is 0.00000253. The van der Waals surface area contributed by atoms with Crippen molar-refractivity contribution in [3.63, 3.8) is 0 Å². The molecule has 234 valence electrons. The summed E-state index contributed by atoms with van der Waals surface area (Å²) < 4.78 is 35.2. The third-order valence-corrected chi connectivity index (χ3v) is 7.93. The highest BCUT2D eigenvalue weighted by molar-refractivity contribution is 4.89. The molecule has 0 saturated carbocycles. The fourth-order valence-electron chi connectivity index (χ4n) is 5.68. The molecule has 9 aliphatic heterocycles. The summed E-state index contributed by atoms with van der Waals surface area (Å²) in [6.07, 6.45) is -5.00. The van der Waals surface area contributed by atoms with Crippen LogP contribution in [0.3, 0.4) is 0 Å². The van der Waals surface area contributed by atoms with Gasteiger partial charge in [-0.05, 0) is 19.3 Å². The van der Waals surface area contributed by atoms with Crippen LogP contribution in [0.25, 0.3) is 0 Å². The van der Waals surface area contributed by atoms with Crippen molar-refractivity contribution in [3.8, 4) is 0 Å². The van der Waals surface area contributed by atoms with Gasteiger partial charge in [-0.2, -0.15) is 0 Å². The Bertz CT molecular complexity index is 573. The van der Waals surface area contributed by atoms with Gasteiger partial charge in [0.25, 0.3) is 0 Å². The molecule has 0 aromatic heterocycles. The average molecular weight is 577 g/mol. The molecule has 9 aliphatic rings. The third kappa shape index (κ3) is 9.19. The number of aliphatic hydroxyl groups is 6. The molecule has 0 aromatic rings. The van der Waals surface area contributed by atoms with E-state index < -0.39 is 54.9 Å². The normalized spacial score (nSPS) is 43.8. The molecule has 39 heavy (non-hydrogen) atoms. The van der Waals surface area contributed by atoms with Gasteiger partial charge in [0.15, 0.2) is 0 Å². The van der Waals surface area contributed by atoms with Crippen LogP contribution in [0.2, 0.25) is 0 Å². The van der Waals surface area contributed by atoms with E-state index in [1.54, 1.807) is 0 Å². The van der Waals surface area contributed by atoms with Crippen molar-refractivity contribution < 1.29 is 75.5 Å². The molecule has 9 fully saturated rings. The highest BCUT2D eigenvalue weighted by Crippen LogP contribution is 2.31. The largest absolute Gasteiger partial charge is 0.412 e. The molecule has 0 aliphatic carbocycles. The number of aliphatic hydroxyl groups excluding tert-OH is 6. The summed E-state index contributed by atoms with van der Waals surface area (Å²) in [6, 6.07) is 0. The maximum atomic E-state index is 10.6. The molecular formula is C24H48O15. The minimum absolute atomic E-state index is 0. The van der Waals surface area contributed by atoms with Crippen LogP contribution in [-0.2, 0) is 28.4 Å². The van der Waals surface area contributed by atoms with E-state index in [2.05, 4.69) is 0 Å². The molecule has 12 N–H and O–H groups in total. The summed E-state index contributed by atoms with van der Waals surface area (Å²) in [6.45, 7) is 0.152. The Kier molecular flexibility index (Phi) is 16.2. The fourth-order valence-corrected chi connectivity index (χ4v) is 5.68. The van der Waals surface area contributed by atoms with Crippen molar-refractivity contribution in [1.29, 1.82) is 0 Å². The second-order valence-corrected chi connectivity index (χ2v) is 10.5. The van der Waals surface area contributed by atoms with E-state index in [9.17, 15) is 30.6 Å². The number of rotatable bonds is 3. The maximum absolute atomic E-state index is 10.6. The van der Waals surface area contributed by atoms with Crippen molar-refractivity contribution in [1.82, 2.24) is 0 Å². The van der Waals surface area contributed by atoms with Crippen molar-refractivity contribution in [2.75, 3.05) is 59.5 Å². The van der Waals surface area contributed by atoms with Crippen LogP contribution in [0.5, 0.6) is 0 Å². The second kappa shape index (κ2) is 17.4. The van der Waals surface area contributed by atoms with Gasteiger partial charge in [-0.25, -0.2) is 0 Å². The first-order valence-electron chi connectivity index (χ1n) is 13.0. The predicted molar refractivity (Wildman–Crippen MR) is 133 cm³/mol. The van der Waals surface area contributed by atoms with Gasteiger partial charge in [-0.3, -0.25) is 0 Å². The summed E-state index contributed by atoms with van der Waals surface area (Å²) in [4.78, 5) is 0. The van der Waals surface area contributed by atoms with Gasteiger partial charge < -0.3 is 75.5 Å². The SMILES string of the molecule is O.O.O.OCC1OC2COCC3CC(O)C(COCC4CC(O)C(COCC1CC2O)OC4CO)OC3CO. The van der Waals surface area contributed by atoms with E-state index in [0.29, 0.717) is 19.3 Å². The Morgan fingerprint density at radius 1 is 0.436 bits per heavy atom. The summed E-state index contributed by atoms with van der Waals surface area (Å²) in [5, 5.41) is 61.5. The molecular weight excluding hydrogens is 528 g/mol. The van der Waals surface area contributed by atoms with Crippen LogP contribution in [0, 0.1) is 17.8 Å². The monoisotopic (exact) mass is 576 g/mol. The van der Waals surface area contributed by atoms with Gasteiger partial charge in [0.05, 0.1) is 96.1 Å². The Morgan fingerprint density at radius 2 is 0.692 bits per heavy atom. The lowest BCUT2D eigenvalue weighted by atomic mass is 9.90. The molecule has 15 heteroatoms.